The predicted molar refractivity (Wildman–Crippen MR) is 94.2 cm³/mol. The molecule has 1 aromatic heterocycles. The number of nitriles is 1. The molecule has 1 aliphatic rings. The van der Waals surface area contributed by atoms with Crippen LogP contribution in [0.25, 0.3) is 0 Å². The Hall–Kier alpha value is -2.88. The van der Waals surface area contributed by atoms with E-state index in [1.807, 2.05) is 13.8 Å². The van der Waals surface area contributed by atoms with Gasteiger partial charge in [-0.1, -0.05) is 0 Å². The van der Waals surface area contributed by atoms with Crippen LogP contribution >= 0.6 is 0 Å². The van der Waals surface area contributed by atoms with Crippen molar-refractivity contribution >= 4 is 11.5 Å². The molecule has 3 rings (SSSR count). The maximum absolute atomic E-state index is 12.8. The number of anilines is 2. The summed E-state index contributed by atoms with van der Waals surface area (Å²) in [6, 6.07) is 5.59. The van der Waals surface area contributed by atoms with Crippen LogP contribution in [-0.4, -0.2) is 21.9 Å². The minimum atomic E-state index is -0.243. The average Bonchev–Trinajstić information content (AvgIpc) is 3.43. The molecule has 0 saturated heterocycles. The van der Waals surface area contributed by atoms with E-state index in [-0.39, 0.29) is 17.4 Å². The first kappa shape index (κ1) is 17.0. The molecule has 0 bridgehead atoms. The number of methoxy groups -OCH3 is 1. The number of hydrogen-bond acceptors (Lipinski definition) is 6. The summed E-state index contributed by atoms with van der Waals surface area (Å²) in [7, 11) is 1.51. The third kappa shape index (κ3) is 3.33. The molecule has 0 aliphatic heterocycles. The van der Waals surface area contributed by atoms with Gasteiger partial charge in [0.2, 0.25) is 5.82 Å². The van der Waals surface area contributed by atoms with E-state index < -0.39 is 0 Å². The molecule has 1 atom stereocenters. The van der Waals surface area contributed by atoms with Crippen LogP contribution in [-0.2, 0) is 0 Å². The van der Waals surface area contributed by atoms with E-state index in [0.717, 1.165) is 18.4 Å². The fourth-order valence-corrected chi connectivity index (χ4v) is 2.88. The lowest BCUT2D eigenvalue weighted by atomic mass is 10.1. The van der Waals surface area contributed by atoms with E-state index >= 15 is 0 Å². The highest BCUT2D eigenvalue weighted by molar-refractivity contribution is 5.65. The summed E-state index contributed by atoms with van der Waals surface area (Å²) >= 11 is 0. The van der Waals surface area contributed by atoms with Gasteiger partial charge < -0.3 is 10.1 Å². The fourth-order valence-electron chi connectivity index (χ4n) is 2.88. The molecule has 7 heteroatoms. The quantitative estimate of drug-likeness (QED) is 0.900. The van der Waals surface area contributed by atoms with Crippen LogP contribution in [0.3, 0.4) is 0 Å². The summed E-state index contributed by atoms with van der Waals surface area (Å²) in [6.45, 7) is 5.65. The number of benzene rings is 1. The Balaban J connectivity index is 2.01. The number of nitrogens with zero attached hydrogens (tertiary/aromatic N) is 4. The Labute approximate surface area is 146 Å². The maximum Gasteiger partial charge on any atom is 0.310 e. The van der Waals surface area contributed by atoms with E-state index in [9.17, 15) is 4.79 Å². The monoisotopic (exact) mass is 339 g/mol. The normalized spacial score (nSPS) is 14.7. The third-order valence-electron chi connectivity index (χ3n) is 4.55. The topological polar surface area (TPSA) is 92.8 Å². The van der Waals surface area contributed by atoms with Crippen LogP contribution in [0.15, 0.2) is 16.9 Å². The number of rotatable bonds is 5. The molecule has 130 valence electrons. The summed E-state index contributed by atoms with van der Waals surface area (Å²) in [6.07, 6.45) is 2.26. The molecule has 1 heterocycles. The van der Waals surface area contributed by atoms with E-state index in [1.54, 1.807) is 19.1 Å². The third-order valence-corrected chi connectivity index (χ3v) is 4.55. The summed E-state index contributed by atoms with van der Waals surface area (Å²) in [5.41, 5.74) is 1.71. The van der Waals surface area contributed by atoms with Gasteiger partial charge in [0.15, 0.2) is 0 Å². The Morgan fingerprint density at radius 1 is 1.40 bits per heavy atom. The summed E-state index contributed by atoms with van der Waals surface area (Å²) in [5, 5.41) is 16.6. The molecule has 0 radical (unpaired) electrons. The van der Waals surface area contributed by atoms with Crippen molar-refractivity contribution in [1.29, 1.82) is 5.26 Å². The number of aryl methyl sites for hydroxylation is 2. The molecule has 1 unspecified atom stereocenters. The van der Waals surface area contributed by atoms with Gasteiger partial charge in [-0.2, -0.15) is 10.4 Å². The molecular weight excluding hydrogens is 318 g/mol. The van der Waals surface area contributed by atoms with Crippen molar-refractivity contribution in [1.82, 2.24) is 14.8 Å². The van der Waals surface area contributed by atoms with E-state index in [1.165, 1.54) is 11.8 Å². The van der Waals surface area contributed by atoms with Gasteiger partial charge in [0.1, 0.15) is 17.6 Å². The molecule has 1 N–H and O–H groups in total. The molecule has 0 spiro atoms. The van der Waals surface area contributed by atoms with Gasteiger partial charge in [0.25, 0.3) is 0 Å². The summed E-state index contributed by atoms with van der Waals surface area (Å²) in [4.78, 5) is 17.0. The first-order valence-corrected chi connectivity index (χ1v) is 8.27. The predicted octanol–water partition coefficient (Wildman–Crippen LogP) is 2.85. The van der Waals surface area contributed by atoms with Gasteiger partial charge in [-0.25, -0.2) is 9.67 Å². The Bertz CT molecular complexity index is 909. The Morgan fingerprint density at radius 3 is 2.72 bits per heavy atom. The van der Waals surface area contributed by atoms with Crippen molar-refractivity contribution in [2.75, 3.05) is 12.4 Å². The smallest absolute Gasteiger partial charge is 0.310 e. The Morgan fingerprint density at radius 2 is 2.12 bits per heavy atom. The van der Waals surface area contributed by atoms with Gasteiger partial charge in [-0.3, -0.25) is 4.79 Å². The number of aromatic nitrogens is 3. The van der Waals surface area contributed by atoms with Crippen molar-refractivity contribution in [3.8, 4) is 11.8 Å². The van der Waals surface area contributed by atoms with E-state index in [0.29, 0.717) is 28.7 Å². The zero-order chi connectivity index (χ0) is 18.1. The minimum Gasteiger partial charge on any atom is -0.495 e. The SMILES string of the molecule is COc1cc(Nc2nc(C)nn(C(C)C3CC3)c2=O)c(C)cc1C#N. The van der Waals surface area contributed by atoms with E-state index in [4.69, 9.17) is 10.00 Å². The van der Waals surface area contributed by atoms with Crippen LogP contribution < -0.4 is 15.6 Å². The lowest BCUT2D eigenvalue weighted by molar-refractivity contribution is 0.412. The summed E-state index contributed by atoms with van der Waals surface area (Å²) in [5.74, 6) is 1.73. The summed E-state index contributed by atoms with van der Waals surface area (Å²) < 4.78 is 6.77. The largest absolute Gasteiger partial charge is 0.495 e. The lowest BCUT2D eigenvalue weighted by Crippen LogP contribution is -2.30. The second kappa shape index (κ2) is 6.55. The number of nitrogens with one attached hydrogen (secondary N) is 1. The fraction of sp³-hybridized carbons (Fsp3) is 0.444. The standard InChI is InChI=1S/C18H21N5O2/c1-10-7-14(9-19)16(25-4)8-15(10)21-17-18(24)23(22-12(3)20-17)11(2)13-5-6-13/h7-8,11,13H,5-6H2,1-4H3,(H,20,21,22). The van der Waals surface area contributed by atoms with Gasteiger partial charge >= 0.3 is 5.56 Å². The first-order chi connectivity index (χ1) is 11.9. The van der Waals surface area contributed by atoms with Crippen molar-refractivity contribution in [2.24, 2.45) is 5.92 Å². The molecule has 1 saturated carbocycles. The maximum atomic E-state index is 12.8. The van der Waals surface area contributed by atoms with Gasteiger partial charge in [0, 0.05) is 11.8 Å². The van der Waals surface area contributed by atoms with Gasteiger partial charge in [-0.05, 0) is 51.2 Å². The molecule has 7 nitrogen and oxygen atoms in total. The average molecular weight is 339 g/mol. The van der Waals surface area contributed by atoms with Crippen LogP contribution in [0.5, 0.6) is 5.75 Å². The molecule has 1 aliphatic carbocycles. The van der Waals surface area contributed by atoms with Gasteiger partial charge in [0.05, 0.1) is 18.7 Å². The molecule has 0 amide bonds. The number of hydrogen-bond donors (Lipinski definition) is 1. The van der Waals surface area contributed by atoms with Crippen molar-refractivity contribution < 1.29 is 4.74 Å². The zero-order valence-electron chi connectivity index (χ0n) is 14.8. The highest BCUT2D eigenvalue weighted by atomic mass is 16.5. The van der Waals surface area contributed by atoms with Crippen molar-refractivity contribution in [2.45, 2.75) is 39.7 Å². The molecular formula is C18H21N5O2. The van der Waals surface area contributed by atoms with Crippen molar-refractivity contribution in [3.05, 3.63) is 39.4 Å². The van der Waals surface area contributed by atoms with Crippen LogP contribution in [0, 0.1) is 31.1 Å². The van der Waals surface area contributed by atoms with Gasteiger partial charge in [-0.15, -0.1) is 0 Å². The van der Waals surface area contributed by atoms with E-state index in [2.05, 4.69) is 21.5 Å². The van der Waals surface area contributed by atoms with Crippen LogP contribution in [0.4, 0.5) is 11.5 Å². The van der Waals surface area contributed by atoms with Crippen LogP contribution in [0.2, 0.25) is 0 Å². The Kier molecular flexibility index (Phi) is 4.45. The highest BCUT2D eigenvalue weighted by Gasteiger charge is 2.31. The van der Waals surface area contributed by atoms with Crippen LogP contribution in [0.1, 0.15) is 42.8 Å². The molecule has 2 aromatic rings. The van der Waals surface area contributed by atoms with Crippen molar-refractivity contribution in [3.63, 3.8) is 0 Å². The first-order valence-electron chi connectivity index (χ1n) is 8.27. The lowest BCUT2D eigenvalue weighted by Gasteiger charge is -2.16. The second-order valence-corrected chi connectivity index (χ2v) is 6.44. The molecule has 1 fully saturated rings. The molecule has 25 heavy (non-hydrogen) atoms. The highest BCUT2D eigenvalue weighted by Crippen LogP contribution is 2.38. The zero-order valence-corrected chi connectivity index (χ0v) is 14.8. The molecule has 1 aromatic carbocycles. The second-order valence-electron chi connectivity index (χ2n) is 6.44. The minimum absolute atomic E-state index is 0.0614. The number of ether oxygens (including phenoxy) is 1.